The van der Waals surface area contributed by atoms with Crippen molar-refractivity contribution < 1.29 is 9.53 Å². The van der Waals surface area contributed by atoms with Crippen LogP contribution in [-0.4, -0.2) is 26.0 Å². The molecule has 0 atom stereocenters. The Kier molecular flexibility index (Phi) is 6.91. The number of nitrogens with one attached hydrogen (secondary N) is 2. The van der Waals surface area contributed by atoms with E-state index in [0.29, 0.717) is 29.5 Å². The summed E-state index contributed by atoms with van der Waals surface area (Å²) in [5, 5.41) is 6.62. The maximum atomic E-state index is 12.1. The van der Waals surface area contributed by atoms with Gasteiger partial charge in [0.2, 0.25) is 0 Å². The van der Waals surface area contributed by atoms with Gasteiger partial charge < -0.3 is 15.4 Å². The molecule has 0 aromatic heterocycles. The van der Waals surface area contributed by atoms with E-state index in [2.05, 4.69) is 10.6 Å². The number of halogens is 1. The van der Waals surface area contributed by atoms with E-state index >= 15 is 0 Å². The minimum Gasteiger partial charge on any atom is -0.489 e. The number of rotatable bonds is 8. The fourth-order valence-corrected chi connectivity index (χ4v) is 2.30. The maximum absolute atomic E-state index is 12.1. The zero-order chi connectivity index (χ0) is 16.5. The van der Waals surface area contributed by atoms with Crippen LogP contribution in [0.25, 0.3) is 0 Å². The second-order valence-corrected chi connectivity index (χ2v) is 5.60. The molecule has 0 aliphatic rings. The summed E-state index contributed by atoms with van der Waals surface area (Å²) in [6, 6.07) is 14.7. The monoisotopic (exact) mass is 332 g/mol. The van der Waals surface area contributed by atoms with Gasteiger partial charge in [0, 0.05) is 17.1 Å². The van der Waals surface area contributed by atoms with E-state index in [0.717, 1.165) is 18.5 Å². The molecule has 122 valence electrons. The molecule has 0 radical (unpaired) electrons. The first-order valence-corrected chi connectivity index (χ1v) is 7.97. The van der Waals surface area contributed by atoms with Gasteiger partial charge in [0.1, 0.15) is 12.4 Å². The van der Waals surface area contributed by atoms with Crippen LogP contribution in [0.3, 0.4) is 0 Å². The van der Waals surface area contributed by atoms with Gasteiger partial charge in [0.15, 0.2) is 0 Å². The third kappa shape index (κ3) is 5.93. The van der Waals surface area contributed by atoms with Gasteiger partial charge in [-0.15, -0.1) is 0 Å². The molecule has 0 aliphatic carbocycles. The Morgan fingerprint density at radius 2 is 1.96 bits per heavy atom. The van der Waals surface area contributed by atoms with Crippen molar-refractivity contribution in [2.24, 2.45) is 0 Å². The van der Waals surface area contributed by atoms with E-state index < -0.39 is 0 Å². The number of hydrogen-bond acceptors (Lipinski definition) is 3. The number of hydrogen-bond donors (Lipinski definition) is 2. The molecule has 2 rings (SSSR count). The van der Waals surface area contributed by atoms with Crippen LogP contribution >= 0.6 is 11.6 Å². The molecule has 0 fully saturated rings. The number of carbonyl (C=O) groups is 1. The van der Waals surface area contributed by atoms with Crippen molar-refractivity contribution in [2.45, 2.75) is 13.0 Å². The highest BCUT2D eigenvalue weighted by atomic mass is 35.5. The average molecular weight is 333 g/mol. The lowest BCUT2D eigenvalue weighted by atomic mass is 10.2. The number of benzene rings is 2. The van der Waals surface area contributed by atoms with Gasteiger partial charge >= 0.3 is 0 Å². The molecule has 2 aromatic carbocycles. The minimum atomic E-state index is -0.0886. The van der Waals surface area contributed by atoms with Crippen LogP contribution in [0, 0.1) is 0 Å². The highest BCUT2D eigenvalue weighted by molar-refractivity contribution is 6.30. The van der Waals surface area contributed by atoms with E-state index in [1.54, 1.807) is 12.1 Å². The summed E-state index contributed by atoms with van der Waals surface area (Å²) in [6.45, 7) is 1.93. The van der Waals surface area contributed by atoms with Crippen molar-refractivity contribution in [2.75, 3.05) is 20.1 Å². The lowest BCUT2D eigenvalue weighted by Gasteiger charge is -2.09. The van der Waals surface area contributed by atoms with Gasteiger partial charge in [-0.3, -0.25) is 4.79 Å². The zero-order valence-corrected chi connectivity index (χ0v) is 13.9. The molecule has 2 N–H and O–H groups in total. The normalized spacial score (nSPS) is 10.3. The summed E-state index contributed by atoms with van der Waals surface area (Å²) in [5.41, 5.74) is 1.58. The molecule has 23 heavy (non-hydrogen) atoms. The van der Waals surface area contributed by atoms with E-state index in [1.165, 1.54) is 0 Å². The maximum Gasteiger partial charge on any atom is 0.251 e. The van der Waals surface area contributed by atoms with Gasteiger partial charge in [0.05, 0.1) is 0 Å². The van der Waals surface area contributed by atoms with Gasteiger partial charge in [-0.1, -0.05) is 29.8 Å². The van der Waals surface area contributed by atoms with Crippen molar-refractivity contribution in [3.63, 3.8) is 0 Å². The minimum absolute atomic E-state index is 0.0886. The van der Waals surface area contributed by atoms with Crippen LogP contribution in [0.4, 0.5) is 0 Å². The predicted octanol–water partition coefficient (Wildman–Crippen LogP) is 3.26. The van der Waals surface area contributed by atoms with Crippen LogP contribution in [-0.2, 0) is 6.61 Å². The summed E-state index contributed by atoms with van der Waals surface area (Å²) in [7, 11) is 1.89. The molecule has 4 nitrogen and oxygen atoms in total. The summed E-state index contributed by atoms with van der Waals surface area (Å²) < 4.78 is 5.73. The lowest BCUT2D eigenvalue weighted by molar-refractivity contribution is 0.0953. The topological polar surface area (TPSA) is 50.4 Å². The Hall–Kier alpha value is -2.04. The standard InChI is InChI=1S/C18H21ClN2O2/c1-20-9-4-10-21-18(22)15-6-3-8-17(12-15)23-13-14-5-2-7-16(19)11-14/h2-3,5-8,11-12,20H,4,9-10,13H2,1H3,(H,21,22). The first kappa shape index (κ1) is 17.3. The van der Waals surface area contributed by atoms with Crippen LogP contribution < -0.4 is 15.4 Å². The SMILES string of the molecule is CNCCCNC(=O)c1cccc(OCc2cccc(Cl)c2)c1. The summed E-state index contributed by atoms with van der Waals surface area (Å²) in [6.07, 6.45) is 0.896. The largest absolute Gasteiger partial charge is 0.489 e. The van der Waals surface area contributed by atoms with Gasteiger partial charge in [0.25, 0.3) is 5.91 Å². The Morgan fingerprint density at radius 1 is 1.13 bits per heavy atom. The highest BCUT2D eigenvalue weighted by Crippen LogP contribution is 2.17. The first-order valence-electron chi connectivity index (χ1n) is 7.59. The van der Waals surface area contributed by atoms with Crippen LogP contribution in [0.5, 0.6) is 5.75 Å². The molecule has 0 heterocycles. The van der Waals surface area contributed by atoms with Crippen LogP contribution in [0.1, 0.15) is 22.3 Å². The van der Waals surface area contributed by atoms with Crippen LogP contribution in [0.2, 0.25) is 5.02 Å². The Balaban J connectivity index is 1.90. The quantitative estimate of drug-likeness (QED) is 0.729. The Morgan fingerprint density at radius 3 is 2.74 bits per heavy atom. The zero-order valence-electron chi connectivity index (χ0n) is 13.1. The average Bonchev–Trinajstić information content (AvgIpc) is 2.57. The van der Waals surface area contributed by atoms with E-state index in [1.807, 2.05) is 43.4 Å². The fraction of sp³-hybridized carbons (Fsp3) is 0.278. The van der Waals surface area contributed by atoms with Crippen molar-refractivity contribution in [1.29, 1.82) is 0 Å². The van der Waals surface area contributed by atoms with Gasteiger partial charge in [-0.25, -0.2) is 0 Å². The number of amides is 1. The van der Waals surface area contributed by atoms with Gasteiger partial charge in [-0.2, -0.15) is 0 Å². The smallest absolute Gasteiger partial charge is 0.251 e. The first-order chi connectivity index (χ1) is 11.2. The second kappa shape index (κ2) is 9.18. The molecule has 0 bridgehead atoms. The fourth-order valence-electron chi connectivity index (χ4n) is 2.09. The molecular weight excluding hydrogens is 312 g/mol. The van der Waals surface area contributed by atoms with E-state index in [4.69, 9.17) is 16.3 Å². The highest BCUT2D eigenvalue weighted by Gasteiger charge is 2.06. The third-order valence-electron chi connectivity index (χ3n) is 3.28. The third-order valence-corrected chi connectivity index (χ3v) is 3.51. The summed E-state index contributed by atoms with van der Waals surface area (Å²) in [5.74, 6) is 0.571. The Labute approximate surface area is 141 Å². The molecule has 5 heteroatoms. The molecule has 2 aromatic rings. The summed E-state index contributed by atoms with van der Waals surface area (Å²) in [4.78, 5) is 12.1. The number of ether oxygens (including phenoxy) is 1. The number of carbonyl (C=O) groups excluding carboxylic acids is 1. The molecule has 0 spiro atoms. The van der Waals surface area contributed by atoms with Gasteiger partial charge in [-0.05, 0) is 55.9 Å². The molecule has 0 unspecified atom stereocenters. The van der Waals surface area contributed by atoms with E-state index in [9.17, 15) is 4.79 Å². The van der Waals surface area contributed by atoms with Crippen molar-refractivity contribution in [3.8, 4) is 5.75 Å². The predicted molar refractivity (Wildman–Crippen MR) is 93.1 cm³/mol. The van der Waals surface area contributed by atoms with Crippen molar-refractivity contribution in [3.05, 3.63) is 64.7 Å². The molecule has 0 saturated carbocycles. The lowest BCUT2D eigenvalue weighted by Crippen LogP contribution is -2.26. The second-order valence-electron chi connectivity index (χ2n) is 5.16. The molecular formula is C18H21ClN2O2. The van der Waals surface area contributed by atoms with Crippen molar-refractivity contribution in [1.82, 2.24) is 10.6 Å². The van der Waals surface area contributed by atoms with Crippen molar-refractivity contribution >= 4 is 17.5 Å². The molecule has 0 aliphatic heterocycles. The van der Waals surface area contributed by atoms with E-state index in [-0.39, 0.29) is 5.91 Å². The summed E-state index contributed by atoms with van der Waals surface area (Å²) >= 11 is 5.95. The van der Waals surface area contributed by atoms with Crippen LogP contribution in [0.15, 0.2) is 48.5 Å². The Bertz CT molecular complexity index is 646. The molecule has 1 amide bonds. The molecule has 0 saturated heterocycles.